The number of carbonyl (C=O) groups excluding carboxylic acids is 1. The Morgan fingerprint density at radius 2 is 1.86 bits per heavy atom. The normalized spacial score (nSPS) is 12.6. The summed E-state index contributed by atoms with van der Waals surface area (Å²) in [5, 5.41) is 31.3. The molecule has 0 aliphatic carbocycles. The average Bonchev–Trinajstić information content (AvgIpc) is 2.54. The lowest BCUT2D eigenvalue weighted by Gasteiger charge is -2.26. The number of hydrogen-bond acceptors (Lipinski definition) is 7. The van der Waals surface area contributed by atoms with Gasteiger partial charge in [0, 0.05) is 24.8 Å². The second-order valence-electron chi connectivity index (χ2n) is 8.08. The van der Waals surface area contributed by atoms with Crippen molar-refractivity contribution in [3.05, 3.63) is 29.3 Å². The quantitative estimate of drug-likeness (QED) is 0.330. The Balaban J connectivity index is 3.00. The average molecular weight is 394 g/mol. The summed E-state index contributed by atoms with van der Waals surface area (Å²) in [6.07, 6.45) is 0.679. The molecule has 158 valence electrons. The van der Waals surface area contributed by atoms with Gasteiger partial charge < -0.3 is 30.1 Å². The van der Waals surface area contributed by atoms with E-state index in [-0.39, 0.29) is 31.6 Å². The molecule has 0 spiro atoms. The summed E-state index contributed by atoms with van der Waals surface area (Å²) in [6.45, 7) is 9.93. The number of anilines is 1. The minimum atomic E-state index is -0.754. The molecule has 0 bridgehead atoms. The van der Waals surface area contributed by atoms with Gasteiger partial charge >= 0.3 is 13.0 Å². The second kappa shape index (κ2) is 11.4. The number of ether oxygens (including phenoxy) is 1. The topological polar surface area (TPSA) is 102 Å². The van der Waals surface area contributed by atoms with E-state index in [1.54, 1.807) is 6.82 Å². The molecule has 4 N–H and O–H groups in total. The molecule has 0 aliphatic heterocycles. The van der Waals surface area contributed by atoms with E-state index in [1.165, 1.54) is 0 Å². The summed E-state index contributed by atoms with van der Waals surface area (Å²) >= 11 is 0. The Morgan fingerprint density at radius 3 is 2.36 bits per heavy atom. The highest BCUT2D eigenvalue weighted by atomic mass is 16.6. The Labute approximate surface area is 168 Å². The van der Waals surface area contributed by atoms with Crippen molar-refractivity contribution >= 4 is 18.7 Å². The number of aliphatic hydroxyl groups excluding tert-OH is 2. The molecule has 1 aromatic rings. The summed E-state index contributed by atoms with van der Waals surface area (Å²) < 4.78 is 5.42. The van der Waals surface area contributed by atoms with E-state index in [0.717, 1.165) is 16.8 Å². The zero-order valence-corrected chi connectivity index (χ0v) is 17.7. The first-order chi connectivity index (χ1) is 13.1. The summed E-state index contributed by atoms with van der Waals surface area (Å²) in [7, 11) is -0.754. The lowest BCUT2D eigenvalue weighted by Crippen LogP contribution is -2.43. The summed E-state index contributed by atoms with van der Waals surface area (Å²) in [5.41, 5.74) is 2.44. The van der Waals surface area contributed by atoms with Crippen molar-refractivity contribution in [1.29, 1.82) is 0 Å². The highest BCUT2D eigenvalue weighted by Gasteiger charge is 2.23. The number of carbonyl (C=O) groups is 1. The predicted molar refractivity (Wildman–Crippen MR) is 112 cm³/mol. The number of rotatable bonds is 11. The first-order valence-corrected chi connectivity index (χ1v) is 9.78. The molecule has 0 saturated heterocycles. The lowest BCUT2D eigenvalue weighted by molar-refractivity contribution is -0.155. The number of benzene rings is 1. The third kappa shape index (κ3) is 9.06. The van der Waals surface area contributed by atoms with Crippen molar-refractivity contribution in [2.24, 2.45) is 0 Å². The van der Waals surface area contributed by atoms with Crippen molar-refractivity contribution in [2.45, 2.75) is 59.0 Å². The van der Waals surface area contributed by atoms with Crippen molar-refractivity contribution in [2.75, 3.05) is 31.2 Å². The van der Waals surface area contributed by atoms with Crippen molar-refractivity contribution in [1.82, 2.24) is 5.23 Å². The van der Waals surface area contributed by atoms with Gasteiger partial charge in [-0.25, -0.2) is 0 Å². The Kier molecular flexibility index (Phi) is 9.96. The van der Waals surface area contributed by atoms with Crippen LogP contribution >= 0.6 is 0 Å². The van der Waals surface area contributed by atoms with Gasteiger partial charge in [0.25, 0.3) is 0 Å². The summed E-state index contributed by atoms with van der Waals surface area (Å²) in [6, 6.07) is 5.66. The fraction of sp³-hybridized carbons (Fsp3) is 0.650. The van der Waals surface area contributed by atoms with Gasteiger partial charge in [-0.15, -0.1) is 0 Å². The smallest absolute Gasteiger partial charge is 0.373 e. The number of esters is 1. The first-order valence-electron chi connectivity index (χ1n) is 9.78. The maximum atomic E-state index is 12.3. The molecule has 0 radical (unpaired) electrons. The molecule has 0 unspecified atom stereocenters. The first kappa shape index (κ1) is 24.4. The fourth-order valence-corrected chi connectivity index (χ4v) is 3.07. The van der Waals surface area contributed by atoms with Gasteiger partial charge in [-0.1, -0.05) is 6.07 Å². The number of aryl methyl sites for hydroxylation is 1. The maximum absolute atomic E-state index is 12.3. The van der Waals surface area contributed by atoms with Gasteiger partial charge in [-0.05, 0) is 64.2 Å². The van der Waals surface area contributed by atoms with Crippen LogP contribution in [0.5, 0.6) is 0 Å². The van der Waals surface area contributed by atoms with Crippen LogP contribution < -0.4 is 10.1 Å². The van der Waals surface area contributed by atoms with E-state index in [1.807, 2.05) is 50.8 Å². The molecule has 0 aromatic heterocycles. The molecule has 0 saturated carbocycles. The van der Waals surface area contributed by atoms with E-state index in [4.69, 9.17) is 4.74 Å². The van der Waals surface area contributed by atoms with Gasteiger partial charge in [0.1, 0.15) is 5.60 Å². The van der Waals surface area contributed by atoms with Crippen molar-refractivity contribution in [3.63, 3.8) is 0 Å². The largest absolute Gasteiger partial charge is 0.460 e. The van der Waals surface area contributed by atoms with Crippen LogP contribution in [-0.2, 0) is 16.0 Å². The van der Waals surface area contributed by atoms with Crippen LogP contribution in [0, 0.1) is 6.92 Å². The molecule has 0 aliphatic rings. The van der Waals surface area contributed by atoms with E-state index in [9.17, 15) is 20.0 Å². The molecule has 1 aromatic carbocycles. The minimum absolute atomic E-state index is 0.00589. The molecule has 1 atom stereocenters. The van der Waals surface area contributed by atoms with Crippen molar-refractivity contribution < 1.29 is 24.8 Å². The van der Waals surface area contributed by atoms with E-state index >= 15 is 0 Å². The zero-order chi connectivity index (χ0) is 21.3. The van der Waals surface area contributed by atoms with E-state index < -0.39 is 12.7 Å². The molecule has 8 heteroatoms. The number of nitrogens with zero attached hydrogens (tertiary/aromatic N) is 1. The molecule has 1 rings (SSSR count). The molecular weight excluding hydrogens is 359 g/mol. The van der Waals surface area contributed by atoms with Crippen LogP contribution in [0.15, 0.2) is 18.2 Å². The Morgan fingerprint density at radius 1 is 1.25 bits per heavy atom. The summed E-state index contributed by atoms with van der Waals surface area (Å²) in [5.74, 6) is -0.318. The number of aliphatic hydroxyl groups is 2. The lowest BCUT2D eigenvalue weighted by atomic mass is 9.85. The number of nitrogens with one attached hydrogen (secondary N) is 1. The van der Waals surface area contributed by atoms with Crippen LogP contribution in [0.4, 0.5) is 5.69 Å². The van der Waals surface area contributed by atoms with E-state index in [0.29, 0.717) is 19.5 Å². The monoisotopic (exact) mass is 394 g/mol. The van der Waals surface area contributed by atoms with Gasteiger partial charge in [-0.2, -0.15) is 0 Å². The van der Waals surface area contributed by atoms with Gasteiger partial charge in [0.15, 0.2) is 0 Å². The molecule has 0 fully saturated rings. The Hall–Kier alpha value is -1.61. The van der Waals surface area contributed by atoms with Crippen LogP contribution in [-0.4, -0.2) is 66.2 Å². The van der Waals surface area contributed by atoms with Gasteiger partial charge in [-0.3, -0.25) is 4.79 Å². The zero-order valence-electron chi connectivity index (χ0n) is 17.7. The van der Waals surface area contributed by atoms with Crippen LogP contribution in [0.25, 0.3) is 0 Å². The van der Waals surface area contributed by atoms with Crippen LogP contribution in [0.1, 0.15) is 38.3 Å². The minimum Gasteiger partial charge on any atom is -0.460 e. The standard InChI is InChI=1S/C20H35BN2O5/c1-15-6-7-18(23(8-10-24)9-11-25)13-16(15)12-17(22-21(5)27)14-19(26)28-20(2,3)4/h6-7,13,17,22,24-25,27H,8-12,14H2,1-5H3/t17-/m0/s1. The SMILES string of the molecule is CB(O)N[C@H](CC(=O)OC(C)(C)C)Cc1cc(N(CCO)CCO)ccc1C. The molecule has 0 heterocycles. The van der Waals surface area contributed by atoms with E-state index in [2.05, 4.69) is 5.23 Å². The molecule has 0 amide bonds. The second-order valence-corrected chi connectivity index (χ2v) is 8.08. The van der Waals surface area contributed by atoms with Crippen molar-refractivity contribution in [3.8, 4) is 0 Å². The maximum Gasteiger partial charge on any atom is 0.373 e. The number of hydrogen-bond donors (Lipinski definition) is 4. The summed E-state index contributed by atoms with van der Waals surface area (Å²) in [4.78, 5) is 14.2. The Bertz CT molecular complexity index is 613. The third-order valence-electron chi connectivity index (χ3n) is 4.21. The fourth-order valence-electron chi connectivity index (χ4n) is 3.07. The molecule has 7 nitrogen and oxygen atoms in total. The highest BCUT2D eigenvalue weighted by Crippen LogP contribution is 2.22. The molecular formula is C20H35BN2O5. The van der Waals surface area contributed by atoms with Crippen LogP contribution in [0.3, 0.4) is 0 Å². The van der Waals surface area contributed by atoms with Gasteiger partial charge in [0.05, 0.1) is 19.6 Å². The third-order valence-corrected chi connectivity index (χ3v) is 4.21. The van der Waals surface area contributed by atoms with Gasteiger partial charge in [0.2, 0.25) is 0 Å². The van der Waals surface area contributed by atoms with Crippen LogP contribution in [0.2, 0.25) is 6.82 Å². The predicted octanol–water partition coefficient (Wildman–Crippen LogP) is 1.13. The highest BCUT2D eigenvalue weighted by molar-refractivity contribution is 6.45. The molecule has 28 heavy (non-hydrogen) atoms.